The van der Waals surface area contributed by atoms with Crippen molar-refractivity contribution in [2.45, 2.75) is 33.7 Å². The molecular weight excluding hydrogens is 284 g/mol. The third kappa shape index (κ3) is 5.97. The Bertz CT molecular complexity index is 526. The summed E-state index contributed by atoms with van der Waals surface area (Å²) in [6.07, 6.45) is 5.58. The van der Waals surface area contributed by atoms with Crippen LogP contribution in [-0.2, 0) is 6.54 Å². The second-order valence-electron chi connectivity index (χ2n) is 6.35. The third-order valence-electron chi connectivity index (χ3n) is 3.87. The fourth-order valence-corrected chi connectivity index (χ4v) is 2.53. The average Bonchev–Trinajstić information content (AvgIpc) is 3.07. The van der Waals surface area contributed by atoms with Crippen molar-refractivity contribution in [3.8, 4) is 0 Å². The third-order valence-corrected chi connectivity index (χ3v) is 3.87. The molecule has 0 spiro atoms. The molecule has 23 heavy (non-hydrogen) atoms. The summed E-state index contributed by atoms with van der Waals surface area (Å²) in [5.74, 6) is 1.61. The number of guanidine groups is 1. The normalized spacial score (nSPS) is 14.6. The minimum atomic E-state index is 0.701. The van der Waals surface area contributed by atoms with Crippen molar-refractivity contribution in [2.75, 3.05) is 31.1 Å². The van der Waals surface area contributed by atoms with Gasteiger partial charge in [0, 0.05) is 31.9 Å². The fraction of sp³-hybridized carbons (Fsp3) is 0.526. The maximum absolute atomic E-state index is 4.71. The molecule has 4 nitrogen and oxygen atoms in total. The minimum absolute atomic E-state index is 0.701. The standard InChI is InChI=1S/C19H30N4/c1-4-20-19(21-11-10-16(2)3)22-15-17-8-7-9-18(14-17)23-12-5-6-13-23/h5-9,14,16H,4,10-13,15H2,1-3H3,(H2,20,21,22). The van der Waals surface area contributed by atoms with Crippen molar-refractivity contribution in [1.29, 1.82) is 0 Å². The Morgan fingerprint density at radius 1 is 1.22 bits per heavy atom. The summed E-state index contributed by atoms with van der Waals surface area (Å²) in [4.78, 5) is 7.07. The lowest BCUT2D eigenvalue weighted by Crippen LogP contribution is -2.38. The Morgan fingerprint density at radius 3 is 2.70 bits per heavy atom. The highest BCUT2D eigenvalue weighted by Gasteiger charge is 2.07. The quantitative estimate of drug-likeness (QED) is 0.461. The van der Waals surface area contributed by atoms with E-state index in [-0.39, 0.29) is 0 Å². The Hall–Kier alpha value is -1.97. The van der Waals surface area contributed by atoms with Crippen molar-refractivity contribution in [2.24, 2.45) is 10.9 Å². The number of anilines is 1. The lowest BCUT2D eigenvalue weighted by molar-refractivity contribution is 0.573. The largest absolute Gasteiger partial charge is 0.364 e. The van der Waals surface area contributed by atoms with Crippen LogP contribution in [0.25, 0.3) is 0 Å². The SMILES string of the molecule is CCNC(=NCc1cccc(N2CC=CC2)c1)NCCC(C)C. The molecule has 1 aromatic carbocycles. The molecule has 0 atom stereocenters. The first kappa shape index (κ1) is 17.4. The highest BCUT2D eigenvalue weighted by Crippen LogP contribution is 2.18. The monoisotopic (exact) mass is 314 g/mol. The smallest absolute Gasteiger partial charge is 0.191 e. The minimum Gasteiger partial charge on any atom is -0.364 e. The van der Waals surface area contributed by atoms with Crippen LogP contribution < -0.4 is 15.5 Å². The maximum atomic E-state index is 4.71. The van der Waals surface area contributed by atoms with Crippen LogP contribution in [0.5, 0.6) is 0 Å². The highest BCUT2D eigenvalue weighted by molar-refractivity contribution is 5.79. The first-order valence-electron chi connectivity index (χ1n) is 8.70. The summed E-state index contributed by atoms with van der Waals surface area (Å²) in [6, 6.07) is 8.69. The van der Waals surface area contributed by atoms with E-state index in [1.54, 1.807) is 0 Å². The molecule has 2 rings (SSSR count). The molecule has 0 fully saturated rings. The van der Waals surface area contributed by atoms with Gasteiger partial charge in [0.05, 0.1) is 6.54 Å². The number of nitrogens with zero attached hydrogens (tertiary/aromatic N) is 2. The van der Waals surface area contributed by atoms with E-state index in [1.807, 2.05) is 0 Å². The van der Waals surface area contributed by atoms with Gasteiger partial charge in [0.1, 0.15) is 0 Å². The van der Waals surface area contributed by atoms with Crippen LogP contribution in [0.4, 0.5) is 5.69 Å². The molecule has 0 unspecified atom stereocenters. The first-order valence-corrected chi connectivity index (χ1v) is 8.70. The molecule has 0 saturated heterocycles. The predicted molar refractivity (Wildman–Crippen MR) is 100 cm³/mol. The van der Waals surface area contributed by atoms with Gasteiger partial charge in [0.25, 0.3) is 0 Å². The van der Waals surface area contributed by atoms with E-state index in [1.165, 1.54) is 11.3 Å². The second kappa shape index (κ2) is 9.23. The van der Waals surface area contributed by atoms with Gasteiger partial charge in [0.2, 0.25) is 0 Å². The molecule has 0 radical (unpaired) electrons. The van der Waals surface area contributed by atoms with Gasteiger partial charge in [-0.3, -0.25) is 0 Å². The predicted octanol–water partition coefficient (Wildman–Crippen LogP) is 3.16. The van der Waals surface area contributed by atoms with Gasteiger partial charge in [-0.05, 0) is 37.0 Å². The lowest BCUT2D eigenvalue weighted by Gasteiger charge is -2.18. The van der Waals surface area contributed by atoms with Crippen LogP contribution in [-0.4, -0.2) is 32.1 Å². The van der Waals surface area contributed by atoms with Crippen LogP contribution in [0.3, 0.4) is 0 Å². The zero-order valence-electron chi connectivity index (χ0n) is 14.7. The van der Waals surface area contributed by atoms with Crippen LogP contribution >= 0.6 is 0 Å². The zero-order chi connectivity index (χ0) is 16.5. The van der Waals surface area contributed by atoms with Gasteiger partial charge in [-0.2, -0.15) is 0 Å². The van der Waals surface area contributed by atoms with E-state index < -0.39 is 0 Å². The molecule has 1 aromatic rings. The van der Waals surface area contributed by atoms with Crippen molar-refractivity contribution in [3.63, 3.8) is 0 Å². The molecule has 0 aromatic heterocycles. The summed E-state index contributed by atoms with van der Waals surface area (Å²) < 4.78 is 0. The van der Waals surface area contributed by atoms with Gasteiger partial charge < -0.3 is 15.5 Å². The van der Waals surface area contributed by atoms with Gasteiger partial charge in [0.15, 0.2) is 5.96 Å². The molecular formula is C19H30N4. The number of hydrogen-bond donors (Lipinski definition) is 2. The average molecular weight is 314 g/mol. The Balaban J connectivity index is 1.93. The van der Waals surface area contributed by atoms with E-state index in [0.29, 0.717) is 12.5 Å². The topological polar surface area (TPSA) is 39.7 Å². The number of benzene rings is 1. The van der Waals surface area contributed by atoms with E-state index in [2.05, 4.69) is 72.7 Å². The lowest BCUT2D eigenvalue weighted by atomic mass is 10.1. The summed E-state index contributed by atoms with van der Waals surface area (Å²) in [6.45, 7) is 11.1. The van der Waals surface area contributed by atoms with E-state index >= 15 is 0 Å². The molecule has 1 aliphatic rings. The molecule has 0 saturated carbocycles. The number of hydrogen-bond acceptors (Lipinski definition) is 2. The Morgan fingerprint density at radius 2 is 2.00 bits per heavy atom. The molecule has 126 valence electrons. The summed E-state index contributed by atoms with van der Waals surface area (Å²) in [7, 11) is 0. The molecule has 4 heteroatoms. The van der Waals surface area contributed by atoms with E-state index in [0.717, 1.165) is 38.6 Å². The maximum Gasteiger partial charge on any atom is 0.191 e. The van der Waals surface area contributed by atoms with Gasteiger partial charge in [-0.1, -0.05) is 38.1 Å². The van der Waals surface area contributed by atoms with Crippen molar-refractivity contribution >= 4 is 11.6 Å². The van der Waals surface area contributed by atoms with Crippen LogP contribution in [0.15, 0.2) is 41.4 Å². The molecule has 1 heterocycles. The molecule has 1 aliphatic heterocycles. The second-order valence-corrected chi connectivity index (χ2v) is 6.35. The van der Waals surface area contributed by atoms with Gasteiger partial charge in [-0.25, -0.2) is 4.99 Å². The Labute approximate surface area is 140 Å². The fourth-order valence-electron chi connectivity index (χ4n) is 2.53. The van der Waals surface area contributed by atoms with Crippen molar-refractivity contribution in [3.05, 3.63) is 42.0 Å². The molecule has 0 aliphatic carbocycles. The summed E-state index contributed by atoms with van der Waals surface area (Å²) >= 11 is 0. The van der Waals surface area contributed by atoms with Crippen LogP contribution in [0, 0.1) is 5.92 Å². The summed E-state index contributed by atoms with van der Waals surface area (Å²) in [5, 5.41) is 6.73. The van der Waals surface area contributed by atoms with Crippen LogP contribution in [0.2, 0.25) is 0 Å². The number of rotatable bonds is 7. The number of nitrogens with one attached hydrogen (secondary N) is 2. The highest BCUT2D eigenvalue weighted by atomic mass is 15.2. The van der Waals surface area contributed by atoms with Gasteiger partial charge >= 0.3 is 0 Å². The zero-order valence-corrected chi connectivity index (χ0v) is 14.7. The first-order chi connectivity index (χ1) is 11.2. The van der Waals surface area contributed by atoms with Crippen molar-refractivity contribution in [1.82, 2.24) is 10.6 Å². The van der Waals surface area contributed by atoms with Crippen molar-refractivity contribution < 1.29 is 0 Å². The number of aliphatic imine (C=N–C) groups is 1. The Kier molecular flexibility index (Phi) is 6.98. The van der Waals surface area contributed by atoms with Gasteiger partial charge in [-0.15, -0.1) is 0 Å². The van der Waals surface area contributed by atoms with E-state index in [4.69, 9.17) is 4.99 Å². The molecule has 2 N–H and O–H groups in total. The summed E-state index contributed by atoms with van der Waals surface area (Å²) in [5.41, 5.74) is 2.52. The molecule has 0 amide bonds. The van der Waals surface area contributed by atoms with Crippen LogP contribution in [0.1, 0.15) is 32.8 Å². The van der Waals surface area contributed by atoms with E-state index in [9.17, 15) is 0 Å². The molecule has 0 bridgehead atoms.